The highest BCUT2D eigenvalue weighted by molar-refractivity contribution is 6.18. The number of para-hydroxylation sites is 3. The van der Waals surface area contributed by atoms with Gasteiger partial charge < -0.3 is 13.7 Å². The van der Waals surface area contributed by atoms with Crippen LogP contribution in [0.3, 0.4) is 0 Å². The first-order valence-electron chi connectivity index (χ1n) is 18.2. The van der Waals surface area contributed by atoms with Gasteiger partial charge in [-0.15, -0.1) is 0 Å². The summed E-state index contributed by atoms with van der Waals surface area (Å²) in [4.78, 5) is 0. The summed E-state index contributed by atoms with van der Waals surface area (Å²) in [6.45, 7) is 0. The van der Waals surface area contributed by atoms with Gasteiger partial charge in [0.2, 0.25) is 0 Å². The molecule has 0 saturated carbocycles. The monoisotopic (exact) mass is 675 g/mol. The lowest BCUT2D eigenvalue weighted by Gasteiger charge is -2.15. The van der Waals surface area contributed by atoms with Crippen LogP contribution in [-0.4, -0.2) is 13.7 Å². The van der Waals surface area contributed by atoms with Gasteiger partial charge in [0.15, 0.2) is 0 Å². The quantitative estimate of drug-likeness (QED) is 0.172. The molecule has 0 fully saturated rings. The van der Waals surface area contributed by atoms with Gasteiger partial charge >= 0.3 is 0 Å². The van der Waals surface area contributed by atoms with E-state index in [1.807, 2.05) is 0 Å². The van der Waals surface area contributed by atoms with E-state index in [2.05, 4.69) is 214 Å². The third-order valence-corrected chi connectivity index (χ3v) is 10.8. The lowest BCUT2D eigenvalue weighted by molar-refractivity contribution is 1.10. The van der Waals surface area contributed by atoms with Crippen molar-refractivity contribution in [2.75, 3.05) is 0 Å². The Morgan fingerprint density at radius 3 is 1.57 bits per heavy atom. The zero-order valence-electron chi connectivity index (χ0n) is 28.9. The largest absolute Gasteiger partial charge is 0.316 e. The van der Waals surface area contributed by atoms with Crippen LogP contribution in [0.1, 0.15) is 0 Å². The summed E-state index contributed by atoms with van der Waals surface area (Å²) < 4.78 is 7.23. The molecular formula is C50H33N3. The lowest BCUT2D eigenvalue weighted by atomic mass is 10.0. The summed E-state index contributed by atoms with van der Waals surface area (Å²) in [5.74, 6) is 0. The predicted molar refractivity (Wildman–Crippen MR) is 223 cm³/mol. The summed E-state index contributed by atoms with van der Waals surface area (Å²) in [7, 11) is 0. The molecule has 0 bridgehead atoms. The second-order valence-electron chi connectivity index (χ2n) is 13.8. The van der Waals surface area contributed by atoms with Crippen LogP contribution < -0.4 is 0 Å². The van der Waals surface area contributed by atoms with Crippen LogP contribution in [0.25, 0.3) is 93.8 Å². The second kappa shape index (κ2) is 11.7. The molecule has 0 spiro atoms. The molecule has 0 aliphatic heterocycles. The van der Waals surface area contributed by atoms with Crippen LogP contribution in [0.4, 0.5) is 0 Å². The van der Waals surface area contributed by atoms with Crippen molar-refractivity contribution in [3.63, 3.8) is 0 Å². The van der Waals surface area contributed by atoms with Crippen molar-refractivity contribution in [1.82, 2.24) is 13.7 Å². The zero-order chi connectivity index (χ0) is 34.9. The van der Waals surface area contributed by atoms with Crippen molar-refractivity contribution in [3.8, 4) is 39.3 Å². The SMILES string of the molecule is c1ccc(-c2cc(-n3ccc4c3ccc3c5ccccc5n(-c5ccccc5)c34)cc(-n3c4ccccc4c4ccc(-c5ccccc5)cc43)c2)cc1. The van der Waals surface area contributed by atoms with Gasteiger partial charge in [0.05, 0.1) is 27.6 Å². The number of hydrogen-bond donors (Lipinski definition) is 0. The van der Waals surface area contributed by atoms with Gasteiger partial charge in [0, 0.05) is 50.2 Å². The Bertz CT molecular complexity index is 3150. The molecule has 53 heavy (non-hydrogen) atoms. The maximum Gasteiger partial charge on any atom is 0.0635 e. The number of fused-ring (bicyclic) bond motifs is 8. The summed E-state index contributed by atoms with van der Waals surface area (Å²) in [6.07, 6.45) is 2.24. The van der Waals surface area contributed by atoms with Gasteiger partial charge in [-0.2, -0.15) is 0 Å². The Kier molecular flexibility index (Phi) is 6.55. The molecule has 0 saturated heterocycles. The van der Waals surface area contributed by atoms with E-state index in [4.69, 9.17) is 0 Å². The van der Waals surface area contributed by atoms with Crippen molar-refractivity contribution in [3.05, 3.63) is 200 Å². The molecule has 11 rings (SSSR count). The zero-order valence-corrected chi connectivity index (χ0v) is 28.9. The first kappa shape index (κ1) is 29.6. The molecule has 8 aromatic carbocycles. The summed E-state index contributed by atoms with van der Waals surface area (Å²) in [5, 5.41) is 6.23. The normalized spacial score (nSPS) is 11.8. The average molecular weight is 676 g/mol. The van der Waals surface area contributed by atoms with Crippen LogP contribution in [0, 0.1) is 0 Å². The molecule has 3 heteroatoms. The number of nitrogens with zero attached hydrogens (tertiary/aromatic N) is 3. The summed E-state index contributed by atoms with van der Waals surface area (Å²) in [5.41, 5.74) is 14.2. The molecule has 3 aromatic heterocycles. The molecule has 11 aromatic rings. The maximum atomic E-state index is 2.45. The molecule has 0 unspecified atom stereocenters. The topological polar surface area (TPSA) is 14.8 Å². The highest BCUT2D eigenvalue weighted by atomic mass is 15.0. The molecule has 248 valence electrons. The molecule has 3 nitrogen and oxygen atoms in total. The van der Waals surface area contributed by atoms with Crippen LogP contribution in [0.2, 0.25) is 0 Å². The van der Waals surface area contributed by atoms with Crippen LogP contribution in [0.15, 0.2) is 200 Å². The standard InChI is InChI=1S/C50H33N3/c1-4-14-34(15-5-1)36-24-25-43-41-20-10-12-22-47(41)52(49(43)32-36)40-31-37(35-16-6-2-7-17-35)30-39(33-40)51-29-28-45-46(51)27-26-44-42-21-11-13-23-48(42)53(50(44)45)38-18-8-3-9-19-38/h1-33H. The maximum absolute atomic E-state index is 2.45. The van der Waals surface area contributed by atoms with E-state index in [-0.39, 0.29) is 0 Å². The van der Waals surface area contributed by atoms with E-state index < -0.39 is 0 Å². The Hall–Kier alpha value is -7.10. The first-order chi connectivity index (χ1) is 26.3. The summed E-state index contributed by atoms with van der Waals surface area (Å²) in [6, 6.07) is 70.5. The fourth-order valence-electron chi connectivity index (χ4n) is 8.47. The number of benzene rings is 8. The molecule has 0 N–H and O–H groups in total. The molecular weight excluding hydrogens is 643 g/mol. The minimum Gasteiger partial charge on any atom is -0.316 e. The third-order valence-electron chi connectivity index (χ3n) is 10.8. The fraction of sp³-hybridized carbons (Fsp3) is 0. The molecule has 0 aliphatic rings. The molecule has 0 atom stereocenters. The first-order valence-corrected chi connectivity index (χ1v) is 18.2. The number of rotatable bonds is 5. The molecule has 3 heterocycles. The van der Waals surface area contributed by atoms with Crippen LogP contribution >= 0.6 is 0 Å². The predicted octanol–water partition coefficient (Wildman–Crippen LogP) is 13.2. The highest BCUT2D eigenvalue weighted by Crippen LogP contribution is 2.40. The van der Waals surface area contributed by atoms with Crippen molar-refractivity contribution < 1.29 is 0 Å². The minimum absolute atomic E-state index is 1.11. The van der Waals surface area contributed by atoms with E-state index in [1.54, 1.807) is 0 Å². The fourth-order valence-corrected chi connectivity index (χ4v) is 8.47. The van der Waals surface area contributed by atoms with E-state index in [1.165, 1.54) is 76.8 Å². The second-order valence-corrected chi connectivity index (χ2v) is 13.8. The van der Waals surface area contributed by atoms with Gasteiger partial charge in [0.25, 0.3) is 0 Å². The Morgan fingerprint density at radius 2 is 0.830 bits per heavy atom. The highest BCUT2D eigenvalue weighted by Gasteiger charge is 2.19. The lowest BCUT2D eigenvalue weighted by Crippen LogP contribution is -1.99. The van der Waals surface area contributed by atoms with Crippen molar-refractivity contribution >= 4 is 54.5 Å². The van der Waals surface area contributed by atoms with E-state index in [0.717, 1.165) is 17.1 Å². The van der Waals surface area contributed by atoms with Gasteiger partial charge in [-0.25, -0.2) is 0 Å². The smallest absolute Gasteiger partial charge is 0.0635 e. The minimum atomic E-state index is 1.11. The van der Waals surface area contributed by atoms with E-state index in [9.17, 15) is 0 Å². The van der Waals surface area contributed by atoms with Gasteiger partial charge in [0.1, 0.15) is 0 Å². The van der Waals surface area contributed by atoms with Gasteiger partial charge in [-0.3, -0.25) is 0 Å². The van der Waals surface area contributed by atoms with Gasteiger partial charge in [-0.1, -0.05) is 133 Å². The Morgan fingerprint density at radius 1 is 0.264 bits per heavy atom. The summed E-state index contributed by atoms with van der Waals surface area (Å²) >= 11 is 0. The van der Waals surface area contributed by atoms with E-state index >= 15 is 0 Å². The third kappa shape index (κ3) is 4.61. The molecule has 0 amide bonds. The Labute approximate surface area is 306 Å². The van der Waals surface area contributed by atoms with Crippen LogP contribution in [-0.2, 0) is 0 Å². The van der Waals surface area contributed by atoms with Gasteiger partial charge in [-0.05, 0) is 82.9 Å². The van der Waals surface area contributed by atoms with Crippen molar-refractivity contribution in [1.29, 1.82) is 0 Å². The van der Waals surface area contributed by atoms with Crippen LogP contribution in [0.5, 0.6) is 0 Å². The van der Waals surface area contributed by atoms with Crippen molar-refractivity contribution in [2.24, 2.45) is 0 Å². The number of aromatic nitrogens is 3. The number of hydrogen-bond acceptors (Lipinski definition) is 0. The Balaban J connectivity index is 1.19. The average Bonchev–Trinajstić information content (AvgIpc) is 3.92. The molecule has 0 aliphatic carbocycles. The van der Waals surface area contributed by atoms with Crippen molar-refractivity contribution in [2.45, 2.75) is 0 Å². The molecule has 0 radical (unpaired) electrons. The van der Waals surface area contributed by atoms with E-state index in [0.29, 0.717) is 0 Å².